The van der Waals surface area contributed by atoms with Gasteiger partial charge in [-0.2, -0.15) is 0 Å². The van der Waals surface area contributed by atoms with Crippen LogP contribution in [0.2, 0.25) is 0 Å². The second-order valence-corrected chi connectivity index (χ2v) is 4.67. The van der Waals surface area contributed by atoms with Crippen molar-refractivity contribution in [2.24, 2.45) is 0 Å². The molecule has 3 aromatic heterocycles. The lowest BCUT2D eigenvalue weighted by Gasteiger charge is -2.04. The van der Waals surface area contributed by atoms with Crippen LogP contribution in [0.1, 0.15) is 0 Å². The van der Waals surface area contributed by atoms with E-state index in [1.165, 1.54) is 4.68 Å². The Balaban J connectivity index is 1.78. The van der Waals surface area contributed by atoms with E-state index in [1.807, 2.05) is 18.2 Å². The molecule has 0 amide bonds. The number of aliphatic hydroxyl groups is 2. The molecule has 0 unspecified atom stereocenters. The fraction of sp³-hybridized carbons (Fsp3) is 0.214. The molecule has 112 valence electrons. The minimum Gasteiger partial charge on any atom is -0.394 e. The lowest BCUT2D eigenvalue weighted by atomic mass is 10.2. The Hall–Kier alpha value is -2.71. The van der Waals surface area contributed by atoms with Crippen LogP contribution in [-0.2, 0) is 6.54 Å². The summed E-state index contributed by atoms with van der Waals surface area (Å²) in [4.78, 5) is 12.7. The molecule has 2 N–H and O–H groups in total. The Morgan fingerprint density at radius 1 is 1.09 bits per heavy atom. The zero-order valence-electron chi connectivity index (χ0n) is 11.6. The van der Waals surface area contributed by atoms with E-state index in [2.05, 4.69) is 25.3 Å². The third-order valence-electron chi connectivity index (χ3n) is 2.99. The van der Waals surface area contributed by atoms with Crippen LogP contribution >= 0.6 is 0 Å². The van der Waals surface area contributed by atoms with Crippen LogP contribution in [-0.4, -0.2) is 52.9 Å². The summed E-state index contributed by atoms with van der Waals surface area (Å²) in [7, 11) is 0. The molecule has 0 saturated heterocycles. The summed E-state index contributed by atoms with van der Waals surface area (Å²) in [6.45, 7) is -0.145. The number of hydrogen-bond donors (Lipinski definition) is 2. The van der Waals surface area contributed by atoms with Gasteiger partial charge in [-0.3, -0.25) is 4.98 Å². The Kier molecular flexibility index (Phi) is 4.12. The number of aromatic nitrogens is 6. The summed E-state index contributed by atoms with van der Waals surface area (Å²) in [5.41, 5.74) is 2.01. The topological polar surface area (TPSA) is 110 Å². The maximum Gasteiger partial charge on any atom is 0.178 e. The first-order valence-electron chi connectivity index (χ1n) is 6.69. The molecule has 0 radical (unpaired) electrons. The molecule has 0 spiro atoms. The van der Waals surface area contributed by atoms with E-state index < -0.39 is 6.10 Å². The molecule has 0 saturated carbocycles. The van der Waals surface area contributed by atoms with Gasteiger partial charge in [-0.25, -0.2) is 14.6 Å². The normalized spacial score (nSPS) is 12.3. The van der Waals surface area contributed by atoms with E-state index in [1.54, 1.807) is 24.8 Å². The number of nitrogens with zero attached hydrogens (tertiary/aromatic N) is 6. The lowest BCUT2D eigenvalue weighted by molar-refractivity contribution is 0.0778. The molecule has 0 bridgehead atoms. The van der Waals surface area contributed by atoms with Gasteiger partial charge in [0.25, 0.3) is 0 Å². The van der Waals surface area contributed by atoms with E-state index in [0.29, 0.717) is 22.8 Å². The van der Waals surface area contributed by atoms with Gasteiger partial charge in [0.15, 0.2) is 5.82 Å². The number of pyridine rings is 1. The summed E-state index contributed by atoms with van der Waals surface area (Å²) in [5.74, 6) is 0.535. The van der Waals surface area contributed by atoms with Gasteiger partial charge in [0, 0.05) is 24.2 Å². The monoisotopic (exact) mass is 298 g/mol. The maximum absolute atomic E-state index is 9.38. The Morgan fingerprint density at radius 2 is 1.91 bits per heavy atom. The van der Waals surface area contributed by atoms with Crippen molar-refractivity contribution >= 4 is 0 Å². The molecule has 1 atom stereocenters. The lowest BCUT2D eigenvalue weighted by Crippen LogP contribution is -2.20. The van der Waals surface area contributed by atoms with Gasteiger partial charge in [0.2, 0.25) is 0 Å². The van der Waals surface area contributed by atoms with Crippen molar-refractivity contribution < 1.29 is 10.2 Å². The van der Waals surface area contributed by atoms with Gasteiger partial charge < -0.3 is 10.2 Å². The van der Waals surface area contributed by atoms with Gasteiger partial charge in [-0.15, -0.1) is 5.10 Å². The van der Waals surface area contributed by atoms with Gasteiger partial charge in [-0.1, -0.05) is 11.3 Å². The molecule has 3 rings (SSSR count). The highest BCUT2D eigenvalue weighted by Crippen LogP contribution is 2.16. The minimum atomic E-state index is -0.864. The fourth-order valence-corrected chi connectivity index (χ4v) is 1.88. The van der Waals surface area contributed by atoms with Crippen molar-refractivity contribution in [3.63, 3.8) is 0 Å². The molecule has 0 aromatic carbocycles. The first-order valence-corrected chi connectivity index (χ1v) is 6.69. The van der Waals surface area contributed by atoms with E-state index in [9.17, 15) is 5.11 Å². The Labute approximate surface area is 126 Å². The van der Waals surface area contributed by atoms with E-state index in [-0.39, 0.29) is 13.2 Å². The van der Waals surface area contributed by atoms with Gasteiger partial charge in [-0.05, 0) is 12.1 Å². The zero-order chi connectivity index (χ0) is 15.4. The summed E-state index contributed by atoms with van der Waals surface area (Å²) >= 11 is 0. The predicted octanol–water partition coefficient (Wildman–Crippen LogP) is 0.150. The Morgan fingerprint density at radius 3 is 2.59 bits per heavy atom. The maximum atomic E-state index is 9.38. The molecule has 22 heavy (non-hydrogen) atoms. The van der Waals surface area contributed by atoms with Crippen molar-refractivity contribution in [3.05, 3.63) is 43.0 Å². The largest absolute Gasteiger partial charge is 0.394 e. The van der Waals surface area contributed by atoms with Crippen molar-refractivity contribution in [3.8, 4) is 22.8 Å². The van der Waals surface area contributed by atoms with Crippen LogP contribution in [0, 0.1) is 0 Å². The van der Waals surface area contributed by atoms with Crippen molar-refractivity contribution in [1.82, 2.24) is 29.9 Å². The third-order valence-corrected chi connectivity index (χ3v) is 2.99. The molecule has 3 aromatic rings. The SMILES string of the molecule is OC[C@H](O)Cn1cc(-c2cnc(-c3ccccn3)nc2)nn1. The fourth-order valence-electron chi connectivity index (χ4n) is 1.88. The first-order chi connectivity index (χ1) is 10.8. The first kappa shape index (κ1) is 14.2. The van der Waals surface area contributed by atoms with E-state index in [4.69, 9.17) is 5.11 Å². The second-order valence-electron chi connectivity index (χ2n) is 4.67. The molecule has 0 aliphatic heterocycles. The van der Waals surface area contributed by atoms with Crippen LogP contribution in [0.15, 0.2) is 43.0 Å². The Bertz CT molecular complexity index is 729. The highest BCUT2D eigenvalue weighted by molar-refractivity contribution is 5.57. The standard InChI is InChI=1S/C14H14N6O2/c21-9-11(22)7-20-8-13(18-19-20)10-5-16-14(17-6-10)12-3-1-2-4-15-12/h1-6,8,11,21-22H,7,9H2/t11-/m1/s1. The molecule has 8 heteroatoms. The predicted molar refractivity (Wildman–Crippen MR) is 77.4 cm³/mol. The quantitative estimate of drug-likeness (QED) is 0.690. The van der Waals surface area contributed by atoms with E-state index in [0.717, 1.165) is 0 Å². The average molecular weight is 298 g/mol. The number of rotatable bonds is 5. The molecular formula is C14H14N6O2. The number of hydrogen-bond acceptors (Lipinski definition) is 7. The zero-order valence-corrected chi connectivity index (χ0v) is 11.6. The van der Waals surface area contributed by atoms with Gasteiger partial charge >= 0.3 is 0 Å². The summed E-state index contributed by atoms with van der Waals surface area (Å²) in [6.07, 6.45) is 5.78. The third kappa shape index (κ3) is 3.13. The van der Waals surface area contributed by atoms with Crippen molar-refractivity contribution in [2.45, 2.75) is 12.6 Å². The van der Waals surface area contributed by atoms with Crippen LogP contribution in [0.3, 0.4) is 0 Å². The molecule has 3 heterocycles. The van der Waals surface area contributed by atoms with E-state index >= 15 is 0 Å². The average Bonchev–Trinajstić information content (AvgIpc) is 3.04. The van der Waals surface area contributed by atoms with Crippen molar-refractivity contribution in [1.29, 1.82) is 0 Å². The highest BCUT2D eigenvalue weighted by atomic mass is 16.3. The van der Waals surface area contributed by atoms with Crippen LogP contribution < -0.4 is 0 Å². The second kappa shape index (κ2) is 6.37. The summed E-state index contributed by atoms with van der Waals surface area (Å²) in [6, 6.07) is 5.54. The molecular weight excluding hydrogens is 284 g/mol. The molecule has 8 nitrogen and oxygen atoms in total. The van der Waals surface area contributed by atoms with Crippen molar-refractivity contribution in [2.75, 3.05) is 6.61 Å². The molecule has 0 fully saturated rings. The van der Waals surface area contributed by atoms with Gasteiger partial charge in [0.1, 0.15) is 11.4 Å². The summed E-state index contributed by atoms with van der Waals surface area (Å²) in [5, 5.41) is 26.1. The highest BCUT2D eigenvalue weighted by Gasteiger charge is 2.09. The summed E-state index contributed by atoms with van der Waals surface area (Å²) < 4.78 is 1.46. The smallest absolute Gasteiger partial charge is 0.178 e. The van der Waals surface area contributed by atoms with Crippen LogP contribution in [0.4, 0.5) is 0 Å². The minimum absolute atomic E-state index is 0.177. The molecule has 0 aliphatic rings. The number of aliphatic hydroxyl groups excluding tert-OH is 2. The van der Waals surface area contributed by atoms with Crippen LogP contribution in [0.5, 0.6) is 0 Å². The van der Waals surface area contributed by atoms with Crippen LogP contribution in [0.25, 0.3) is 22.8 Å². The van der Waals surface area contributed by atoms with Gasteiger partial charge in [0.05, 0.1) is 25.5 Å². The molecule has 0 aliphatic carbocycles.